The van der Waals surface area contributed by atoms with E-state index in [1.54, 1.807) is 26.1 Å². The number of sulfonamides is 1. The minimum atomic E-state index is -4.02. The van der Waals surface area contributed by atoms with Crippen LogP contribution in [0.2, 0.25) is 0 Å². The summed E-state index contributed by atoms with van der Waals surface area (Å²) in [5.74, 6) is -0.636. The van der Waals surface area contributed by atoms with Crippen LogP contribution in [0.15, 0.2) is 41.3 Å². The number of pyridine rings is 1. The van der Waals surface area contributed by atoms with Crippen LogP contribution in [0.3, 0.4) is 0 Å². The highest BCUT2D eigenvalue weighted by Crippen LogP contribution is 2.19. The molecular weight excluding hydrogens is 293 g/mol. The number of anilines is 1. The van der Waals surface area contributed by atoms with Crippen LogP contribution < -0.4 is 10.0 Å². The summed E-state index contributed by atoms with van der Waals surface area (Å²) in [6.45, 7) is 2.19. The summed E-state index contributed by atoms with van der Waals surface area (Å²) in [5, 5.41) is 2.89. The quantitative estimate of drug-likeness (QED) is 0.887. The highest BCUT2D eigenvalue weighted by molar-refractivity contribution is 7.92. The zero-order valence-corrected chi connectivity index (χ0v) is 12.5. The van der Waals surface area contributed by atoms with E-state index in [1.807, 2.05) is 0 Å². The van der Waals surface area contributed by atoms with Crippen molar-refractivity contribution < 1.29 is 12.8 Å². The summed E-state index contributed by atoms with van der Waals surface area (Å²) in [5.41, 5.74) is 1.34. The number of aromatic nitrogens is 1. The standard InChI is InChI=1S/C14H16FN3O2S/c1-10-4-3-5-14(17-10)18-21(19,20)13-8-11(9-16-2)6-7-12(13)15/h3-8,16H,9H2,1-2H3,(H,17,18). The third-order valence-electron chi connectivity index (χ3n) is 2.79. The summed E-state index contributed by atoms with van der Waals surface area (Å²) in [6.07, 6.45) is 0. The largest absolute Gasteiger partial charge is 0.316 e. The molecule has 2 rings (SSSR count). The van der Waals surface area contributed by atoms with E-state index < -0.39 is 20.7 Å². The molecule has 0 unspecified atom stereocenters. The fraction of sp³-hybridized carbons (Fsp3) is 0.214. The van der Waals surface area contributed by atoms with E-state index in [0.29, 0.717) is 17.8 Å². The molecule has 0 aliphatic carbocycles. The Hall–Kier alpha value is -1.99. The van der Waals surface area contributed by atoms with Gasteiger partial charge in [0.05, 0.1) is 0 Å². The van der Waals surface area contributed by atoms with Gasteiger partial charge in [-0.05, 0) is 43.8 Å². The van der Waals surface area contributed by atoms with Crippen LogP contribution in [0.4, 0.5) is 10.2 Å². The van der Waals surface area contributed by atoms with Gasteiger partial charge in [0, 0.05) is 12.2 Å². The number of benzene rings is 1. The molecule has 0 atom stereocenters. The molecule has 0 saturated heterocycles. The highest BCUT2D eigenvalue weighted by Gasteiger charge is 2.20. The Morgan fingerprint density at radius 1 is 1.24 bits per heavy atom. The Morgan fingerprint density at radius 3 is 2.67 bits per heavy atom. The molecule has 0 bridgehead atoms. The SMILES string of the molecule is CNCc1ccc(F)c(S(=O)(=O)Nc2cccc(C)n2)c1. The predicted molar refractivity (Wildman–Crippen MR) is 78.9 cm³/mol. The van der Waals surface area contributed by atoms with Gasteiger partial charge in [-0.1, -0.05) is 12.1 Å². The number of rotatable bonds is 5. The first-order valence-corrected chi connectivity index (χ1v) is 7.80. The van der Waals surface area contributed by atoms with E-state index in [0.717, 1.165) is 6.07 Å². The first-order chi connectivity index (χ1) is 9.92. The van der Waals surface area contributed by atoms with Crippen LogP contribution in [0.1, 0.15) is 11.3 Å². The van der Waals surface area contributed by atoms with Crippen LogP contribution in [-0.2, 0) is 16.6 Å². The molecule has 112 valence electrons. The minimum Gasteiger partial charge on any atom is -0.316 e. The molecule has 0 fully saturated rings. The predicted octanol–water partition coefficient (Wildman–Crippen LogP) is 2.05. The molecule has 2 aromatic rings. The van der Waals surface area contributed by atoms with Crippen LogP contribution in [0.25, 0.3) is 0 Å². The number of aryl methyl sites for hydroxylation is 1. The van der Waals surface area contributed by atoms with Gasteiger partial charge in [-0.15, -0.1) is 0 Å². The van der Waals surface area contributed by atoms with Crippen molar-refractivity contribution in [2.24, 2.45) is 0 Å². The van der Waals surface area contributed by atoms with Crippen molar-refractivity contribution >= 4 is 15.8 Å². The number of hydrogen-bond donors (Lipinski definition) is 2. The maximum absolute atomic E-state index is 13.8. The first kappa shape index (κ1) is 15.4. The fourth-order valence-corrected chi connectivity index (χ4v) is 2.99. The van der Waals surface area contributed by atoms with Gasteiger partial charge in [0.2, 0.25) is 0 Å². The molecule has 0 aliphatic rings. The molecule has 0 spiro atoms. The van der Waals surface area contributed by atoms with E-state index in [4.69, 9.17) is 0 Å². The highest BCUT2D eigenvalue weighted by atomic mass is 32.2. The lowest BCUT2D eigenvalue weighted by Crippen LogP contribution is -2.16. The maximum atomic E-state index is 13.8. The molecule has 0 aliphatic heterocycles. The summed E-state index contributed by atoms with van der Waals surface area (Å²) in [6, 6.07) is 8.92. The third-order valence-corrected chi connectivity index (χ3v) is 4.16. The Balaban J connectivity index is 2.37. The maximum Gasteiger partial charge on any atom is 0.265 e. The molecule has 21 heavy (non-hydrogen) atoms. The zero-order chi connectivity index (χ0) is 15.5. The molecule has 7 heteroatoms. The van der Waals surface area contributed by atoms with Gasteiger partial charge >= 0.3 is 0 Å². The Kier molecular flexibility index (Phi) is 4.54. The van der Waals surface area contributed by atoms with E-state index in [9.17, 15) is 12.8 Å². The van der Waals surface area contributed by atoms with Gasteiger partial charge in [0.1, 0.15) is 16.5 Å². The zero-order valence-electron chi connectivity index (χ0n) is 11.7. The molecule has 1 heterocycles. The molecule has 0 radical (unpaired) electrons. The molecule has 0 amide bonds. The molecule has 1 aromatic carbocycles. The Bertz CT molecular complexity index is 748. The lowest BCUT2D eigenvalue weighted by molar-refractivity contribution is 0.569. The summed E-state index contributed by atoms with van der Waals surface area (Å²) < 4.78 is 40.7. The van der Waals surface area contributed by atoms with Crippen molar-refractivity contribution in [3.8, 4) is 0 Å². The van der Waals surface area contributed by atoms with E-state index in [1.165, 1.54) is 18.2 Å². The van der Waals surface area contributed by atoms with Gasteiger partial charge in [-0.2, -0.15) is 0 Å². The number of halogens is 1. The van der Waals surface area contributed by atoms with E-state index >= 15 is 0 Å². The Labute approximate surface area is 123 Å². The molecule has 1 aromatic heterocycles. The first-order valence-electron chi connectivity index (χ1n) is 6.32. The van der Waals surface area contributed by atoms with Gasteiger partial charge in [-0.25, -0.2) is 17.8 Å². The van der Waals surface area contributed by atoms with Gasteiger partial charge in [-0.3, -0.25) is 4.72 Å². The fourth-order valence-electron chi connectivity index (χ4n) is 1.86. The van der Waals surface area contributed by atoms with E-state index in [2.05, 4.69) is 15.0 Å². The second-order valence-corrected chi connectivity index (χ2v) is 6.22. The molecule has 0 saturated carbocycles. The topological polar surface area (TPSA) is 71.1 Å². The second kappa shape index (κ2) is 6.19. The monoisotopic (exact) mass is 309 g/mol. The van der Waals surface area contributed by atoms with Crippen molar-refractivity contribution in [1.82, 2.24) is 10.3 Å². The van der Waals surface area contributed by atoms with Gasteiger partial charge in [0.25, 0.3) is 10.0 Å². The number of nitrogens with zero attached hydrogens (tertiary/aromatic N) is 1. The average Bonchev–Trinajstić information content (AvgIpc) is 2.40. The van der Waals surface area contributed by atoms with E-state index in [-0.39, 0.29) is 5.82 Å². The molecule has 5 nitrogen and oxygen atoms in total. The number of hydrogen-bond acceptors (Lipinski definition) is 4. The van der Waals surface area contributed by atoms with Gasteiger partial charge in [0.15, 0.2) is 0 Å². The lowest BCUT2D eigenvalue weighted by atomic mass is 10.2. The van der Waals surface area contributed by atoms with Crippen molar-refractivity contribution in [1.29, 1.82) is 0 Å². The number of nitrogens with one attached hydrogen (secondary N) is 2. The average molecular weight is 309 g/mol. The second-order valence-electron chi connectivity index (χ2n) is 4.56. The van der Waals surface area contributed by atoms with Crippen LogP contribution in [0.5, 0.6) is 0 Å². The smallest absolute Gasteiger partial charge is 0.265 e. The van der Waals surface area contributed by atoms with Crippen molar-refractivity contribution in [3.05, 3.63) is 53.5 Å². The summed E-state index contributed by atoms with van der Waals surface area (Å²) in [4.78, 5) is 3.66. The van der Waals surface area contributed by atoms with Crippen molar-refractivity contribution in [2.75, 3.05) is 11.8 Å². The normalized spacial score (nSPS) is 11.4. The van der Waals surface area contributed by atoms with Crippen molar-refractivity contribution in [2.45, 2.75) is 18.4 Å². The van der Waals surface area contributed by atoms with Crippen LogP contribution >= 0.6 is 0 Å². The van der Waals surface area contributed by atoms with Gasteiger partial charge < -0.3 is 5.32 Å². The lowest BCUT2D eigenvalue weighted by Gasteiger charge is -2.10. The summed E-state index contributed by atoms with van der Waals surface area (Å²) >= 11 is 0. The van der Waals surface area contributed by atoms with Crippen LogP contribution in [0, 0.1) is 12.7 Å². The Morgan fingerprint density at radius 2 is 2.00 bits per heavy atom. The molecular formula is C14H16FN3O2S. The third kappa shape index (κ3) is 3.77. The minimum absolute atomic E-state index is 0.161. The van der Waals surface area contributed by atoms with Crippen LogP contribution in [-0.4, -0.2) is 20.4 Å². The van der Waals surface area contributed by atoms with Crippen molar-refractivity contribution in [3.63, 3.8) is 0 Å². The molecule has 2 N–H and O–H groups in total. The summed E-state index contributed by atoms with van der Waals surface area (Å²) in [7, 11) is -2.29.